The first-order chi connectivity index (χ1) is 12.3. The van der Waals surface area contributed by atoms with Crippen LogP contribution in [0.2, 0.25) is 0 Å². The van der Waals surface area contributed by atoms with Gasteiger partial charge in [0.2, 0.25) is 15.9 Å². The number of halogens is 1. The lowest BCUT2D eigenvalue weighted by molar-refractivity contribution is -0.123. The average Bonchev–Trinajstić information content (AvgIpc) is 2.56. The molecule has 1 amide bonds. The van der Waals surface area contributed by atoms with Crippen LogP contribution in [-0.2, 0) is 14.8 Å². The van der Waals surface area contributed by atoms with Crippen molar-refractivity contribution in [3.63, 3.8) is 0 Å². The number of carbonyl (C=O) groups is 1. The van der Waals surface area contributed by atoms with Gasteiger partial charge in [0.25, 0.3) is 0 Å². The Bertz CT molecular complexity index is 725. The summed E-state index contributed by atoms with van der Waals surface area (Å²) in [6.45, 7) is 0.00705. The summed E-state index contributed by atoms with van der Waals surface area (Å²) in [5, 5.41) is 3.10. The monoisotopic (exact) mass is 383 g/mol. The second kappa shape index (κ2) is 8.02. The lowest BCUT2D eigenvalue weighted by atomic mass is 9.67. The Hall–Kier alpha value is -1.51. The minimum atomic E-state index is -3.74. The minimum absolute atomic E-state index is 0.00705. The van der Waals surface area contributed by atoms with Crippen molar-refractivity contribution in [3.05, 3.63) is 30.1 Å². The summed E-state index contributed by atoms with van der Waals surface area (Å²) in [4.78, 5) is 12.2. The zero-order valence-corrected chi connectivity index (χ0v) is 15.5. The molecular weight excluding hydrogens is 357 g/mol. The van der Waals surface area contributed by atoms with Gasteiger partial charge in [-0.05, 0) is 61.8 Å². The molecule has 0 aliphatic heterocycles. The molecule has 2 unspecified atom stereocenters. The van der Waals surface area contributed by atoms with Gasteiger partial charge in [0.05, 0.1) is 4.90 Å². The van der Waals surface area contributed by atoms with Gasteiger partial charge in [-0.1, -0.05) is 6.42 Å². The smallest absolute Gasteiger partial charge is 0.240 e. The molecule has 26 heavy (non-hydrogen) atoms. The Morgan fingerprint density at radius 3 is 2.38 bits per heavy atom. The van der Waals surface area contributed by atoms with Crippen LogP contribution in [0.25, 0.3) is 0 Å². The van der Waals surface area contributed by atoms with E-state index < -0.39 is 15.8 Å². The second-order valence-electron chi connectivity index (χ2n) is 7.38. The number of benzene rings is 1. The molecule has 2 aliphatic carbocycles. The van der Waals surface area contributed by atoms with Crippen LogP contribution in [0.15, 0.2) is 29.2 Å². The molecule has 2 aliphatic rings. The van der Waals surface area contributed by atoms with Crippen molar-refractivity contribution in [2.45, 2.75) is 55.5 Å². The van der Waals surface area contributed by atoms with Crippen LogP contribution in [0.5, 0.6) is 0 Å². The summed E-state index contributed by atoms with van der Waals surface area (Å²) in [5.41, 5.74) is 6.10. The molecule has 0 radical (unpaired) electrons. The fraction of sp³-hybridized carbons (Fsp3) is 0.611. The number of nitrogens with one attached hydrogen (secondary N) is 2. The predicted octanol–water partition coefficient (Wildman–Crippen LogP) is 1.52. The third kappa shape index (κ3) is 4.61. The van der Waals surface area contributed by atoms with Gasteiger partial charge in [-0.25, -0.2) is 17.5 Å². The Morgan fingerprint density at radius 1 is 1.15 bits per heavy atom. The van der Waals surface area contributed by atoms with E-state index in [2.05, 4.69) is 10.0 Å². The number of fused-ring (bicyclic) bond motifs is 2. The molecule has 6 nitrogen and oxygen atoms in total. The highest BCUT2D eigenvalue weighted by atomic mass is 32.2. The molecule has 8 heteroatoms. The first kappa shape index (κ1) is 19.3. The van der Waals surface area contributed by atoms with Crippen LogP contribution >= 0.6 is 0 Å². The molecule has 1 aromatic carbocycles. The number of nitrogens with two attached hydrogens (primary N) is 1. The summed E-state index contributed by atoms with van der Waals surface area (Å²) >= 11 is 0. The van der Waals surface area contributed by atoms with E-state index >= 15 is 0 Å². The number of carbonyl (C=O) groups excluding carboxylic acids is 1. The molecule has 0 aromatic heterocycles. The van der Waals surface area contributed by atoms with Gasteiger partial charge < -0.3 is 11.1 Å². The SMILES string of the molecule is NC1CC2CCCC(C1)C2NC(=O)CCNS(=O)(=O)c1ccc(F)cc1. The molecule has 0 heterocycles. The highest BCUT2D eigenvalue weighted by molar-refractivity contribution is 7.89. The molecule has 144 valence electrons. The molecule has 1 aromatic rings. The van der Waals surface area contributed by atoms with Gasteiger partial charge >= 0.3 is 0 Å². The quantitative estimate of drug-likeness (QED) is 0.693. The predicted molar refractivity (Wildman–Crippen MR) is 96.2 cm³/mol. The lowest BCUT2D eigenvalue weighted by Gasteiger charge is -2.45. The first-order valence-electron chi connectivity index (χ1n) is 9.15. The van der Waals surface area contributed by atoms with E-state index in [1.54, 1.807) is 0 Å². The summed E-state index contributed by atoms with van der Waals surface area (Å²) in [6.07, 6.45) is 5.32. The fourth-order valence-corrected chi connectivity index (χ4v) is 5.31. The van der Waals surface area contributed by atoms with E-state index in [-0.39, 0.29) is 35.9 Å². The number of hydrogen-bond donors (Lipinski definition) is 3. The second-order valence-corrected chi connectivity index (χ2v) is 9.14. The lowest BCUT2D eigenvalue weighted by Crippen LogP contribution is -2.54. The van der Waals surface area contributed by atoms with Crippen LogP contribution < -0.4 is 15.8 Å². The first-order valence-corrected chi connectivity index (χ1v) is 10.6. The zero-order valence-electron chi connectivity index (χ0n) is 14.7. The van der Waals surface area contributed by atoms with Crippen molar-refractivity contribution in [1.82, 2.24) is 10.0 Å². The van der Waals surface area contributed by atoms with E-state index in [0.29, 0.717) is 11.8 Å². The van der Waals surface area contributed by atoms with Crippen LogP contribution in [0, 0.1) is 17.7 Å². The molecule has 2 atom stereocenters. The summed E-state index contributed by atoms with van der Waals surface area (Å²) in [7, 11) is -3.74. The van der Waals surface area contributed by atoms with Crippen molar-refractivity contribution in [2.75, 3.05) is 6.54 Å². The molecular formula is C18H26FN3O3S. The molecule has 3 rings (SSSR count). The van der Waals surface area contributed by atoms with E-state index in [0.717, 1.165) is 37.8 Å². The average molecular weight is 383 g/mol. The number of rotatable bonds is 6. The largest absolute Gasteiger partial charge is 0.353 e. The van der Waals surface area contributed by atoms with Gasteiger partial charge in [-0.15, -0.1) is 0 Å². The van der Waals surface area contributed by atoms with Gasteiger partial charge in [-0.3, -0.25) is 4.79 Å². The van der Waals surface area contributed by atoms with Gasteiger partial charge in [0, 0.05) is 25.0 Å². The topological polar surface area (TPSA) is 101 Å². The number of amides is 1. The van der Waals surface area contributed by atoms with Gasteiger partial charge in [0.15, 0.2) is 0 Å². The van der Waals surface area contributed by atoms with Crippen molar-refractivity contribution in [2.24, 2.45) is 17.6 Å². The molecule has 0 spiro atoms. The van der Waals surface area contributed by atoms with E-state index in [9.17, 15) is 17.6 Å². The maximum absolute atomic E-state index is 12.9. The number of hydrogen-bond acceptors (Lipinski definition) is 4. The fourth-order valence-electron chi connectivity index (χ4n) is 4.28. The third-order valence-electron chi connectivity index (χ3n) is 5.47. The Kier molecular flexibility index (Phi) is 5.94. The minimum Gasteiger partial charge on any atom is -0.353 e. The highest BCUT2D eigenvalue weighted by Crippen LogP contribution is 2.39. The highest BCUT2D eigenvalue weighted by Gasteiger charge is 2.39. The molecule has 0 saturated heterocycles. The normalized spacial score (nSPS) is 28.5. The van der Waals surface area contributed by atoms with Gasteiger partial charge in [-0.2, -0.15) is 0 Å². The van der Waals surface area contributed by atoms with Crippen LogP contribution in [0.1, 0.15) is 38.5 Å². The standard InChI is InChI=1S/C18H26FN3O3S/c19-14-4-6-16(7-5-14)26(24,25)21-9-8-17(23)22-18-12-2-1-3-13(18)11-15(20)10-12/h4-7,12-13,15,18,21H,1-3,8-11,20H2,(H,22,23). The molecule has 2 fully saturated rings. The van der Waals surface area contributed by atoms with E-state index in [1.165, 1.54) is 18.6 Å². The van der Waals surface area contributed by atoms with Crippen molar-refractivity contribution in [1.29, 1.82) is 0 Å². The van der Waals surface area contributed by atoms with E-state index in [1.807, 2.05) is 0 Å². The van der Waals surface area contributed by atoms with Crippen LogP contribution in [-0.4, -0.2) is 33.0 Å². The van der Waals surface area contributed by atoms with Crippen molar-refractivity contribution in [3.8, 4) is 0 Å². The molecule has 4 N–H and O–H groups in total. The van der Waals surface area contributed by atoms with Crippen molar-refractivity contribution < 1.29 is 17.6 Å². The van der Waals surface area contributed by atoms with Crippen LogP contribution in [0.3, 0.4) is 0 Å². The Balaban J connectivity index is 1.49. The maximum Gasteiger partial charge on any atom is 0.240 e. The maximum atomic E-state index is 12.9. The Morgan fingerprint density at radius 2 is 1.77 bits per heavy atom. The summed E-state index contributed by atoms with van der Waals surface area (Å²) in [6, 6.07) is 4.96. The summed E-state index contributed by atoms with van der Waals surface area (Å²) in [5.74, 6) is 0.208. The molecule has 2 bridgehead atoms. The zero-order chi connectivity index (χ0) is 18.7. The third-order valence-corrected chi connectivity index (χ3v) is 6.95. The summed E-state index contributed by atoms with van der Waals surface area (Å²) < 4.78 is 39.6. The van der Waals surface area contributed by atoms with Crippen molar-refractivity contribution >= 4 is 15.9 Å². The Labute approximate surface area is 153 Å². The van der Waals surface area contributed by atoms with Crippen LogP contribution in [0.4, 0.5) is 4.39 Å². The number of sulfonamides is 1. The van der Waals surface area contributed by atoms with E-state index in [4.69, 9.17) is 5.73 Å². The van der Waals surface area contributed by atoms with Gasteiger partial charge in [0.1, 0.15) is 5.82 Å². The molecule has 2 saturated carbocycles.